The molecule has 30 heavy (non-hydrogen) atoms. The van der Waals surface area contributed by atoms with Gasteiger partial charge in [-0.2, -0.15) is 0 Å². The summed E-state index contributed by atoms with van der Waals surface area (Å²) in [6, 6.07) is 10.5. The molecule has 4 rings (SSSR count). The molecule has 0 bridgehead atoms. The van der Waals surface area contributed by atoms with Gasteiger partial charge >= 0.3 is 0 Å². The van der Waals surface area contributed by atoms with Gasteiger partial charge in [-0.05, 0) is 87.8 Å². The summed E-state index contributed by atoms with van der Waals surface area (Å²) in [7, 11) is -3.28. The van der Waals surface area contributed by atoms with Gasteiger partial charge in [-0.3, -0.25) is 0 Å². The number of hydrogen-bond acceptors (Lipinski definition) is 7. The van der Waals surface area contributed by atoms with E-state index in [1.165, 1.54) is 12.8 Å². The zero-order chi connectivity index (χ0) is 21.1. The van der Waals surface area contributed by atoms with Crippen LogP contribution in [0.5, 0.6) is 0 Å². The fourth-order valence-corrected chi connectivity index (χ4v) is 5.22. The zero-order valence-electron chi connectivity index (χ0n) is 16.8. The van der Waals surface area contributed by atoms with Crippen LogP contribution in [0.15, 0.2) is 45.8 Å². The van der Waals surface area contributed by atoms with E-state index >= 15 is 0 Å². The van der Waals surface area contributed by atoms with Crippen molar-refractivity contribution in [3.05, 3.63) is 46.4 Å². The number of rotatable bonds is 7. The quantitative estimate of drug-likeness (QED) is 0.534. The van der Waals surface area contributed by atoms with E-state index in [4.69, 9.17) is 0 Å². The number of hydrogen-bond donors (Lipinski definition) is 1. The molecule has 1 saturated heterocycles. The molecular formula is C21H24BrN5O2S. The van der Waals surface area contributed by atoms with E-state index in [1.807, 2.05) is 19.1 Å². The molecule has 158 valence electrons. The number of likely N-dealkylation sites (tertiary alicyclic amines) is 1. The maximum absolute atomic E-state index is 12.6. The number of sulfone groups is 1. The topological polar surface area (TPSA) is 88.1 Å². The first kappa shape index (κ1) is 21.1. The predicted molar refractivity (Wildman–Crippen MR) is 122 cm³/mol. The standard InChI is InChI=1S/C21H24BrN5O2S/c1-15-13-19-20(14-18(15)22)25-26-21(24-19)23-16-5-7-17(8-6-16)30(28,29)12-4-11-27-9-2-3-10-27/h5-8,13-14H,2-4,9-12H2,1H3,(H,23,24,26). The van der Waals surface area contributed by atoms with E-state index in [2.05, 4.69) is 41.3 Å². The maximum atomic E-state index is 12.6. The van der Waals surface area contributed by atoms with Gasteiger partial charge in [0.05, 0.1) is 16.2 Å². The summed E-state index contributed by atoms with van der Waals surface area (Å²) in [6.07, 6.45) is 3.10. The van der Waals surface area contributed by atoms with Crippen LogP contribution in [0.2, 0.25) is 0 Å². The summed E-state index contributed by atoms with van der Waals surface area (Å²) in [5.74, 6) is 0.536. The van der Waals surface area contributed by atoms with E-state index < -0.39 is 9.84 Å². The van der Waals surface area contributed by atoms with Crippen molar-refractivity contribution in [2.24, 2.45) is 0 Å². The smallest absolute Gasteiger partial charge is 0.247 e. The number of aromatic nitrogens is 3. The molecule has 1 aliphatic heterocycles. The van der Waals surface area contributed by atoms with Gasteiger partial charge in [-0.15, -0.1) is 10.2 Å². The normalized spacial score (nSPS) is 15.0. The highest BCUT2D eigenvalue weighted by Gasteiger charge is 2.17. The average molecular weight is 490 g/mol. The zero-order valence-corrected chi connectivity index (χ0v) is 19.2. The van der Waals surface area contributed by atoms with Gasteiger partial charge in [0.25, 0.3) is 0 Å². The minimum atomic E-state index is -3.28. The second-order valence-electron chi connectivity index (χ2n) is 7.60. The molecular weight excluding hydrogens is 466 g/mol. The number of anilines is 2. The molecule has 2 aromatic carbocycles. The first-order valence-corrected chi connectivity index (χ1v) is 12.5. The van der Waals surface area contributed by atoms with Gasteiger partial charge < -0.3 is 10.2 Å². The SMILES string of the molecule is Cc1cc2nc(Nc3ccc(S(=O)(=O)CCCN4CCCC4)cc3)nnc2cc1Br. The molecule has 0 atom stereocenters. The van der Waals surface area contributed by atoms with Crippen molar-refractivity contribution in [2.75, 3.05) is 30.7 Å². The number of fused-ring (bicyclic) bond motifs is 1. The summed E-state index contributed by atoms with van der Waals surface area (Å²) in [5, 5.41) is 11.4. The Kier molecular flexibility index (Phi) is 6.31. The monoisotopic (exact) mass is 489 g/mol. The summed E-state index contributed by atoms with van der Waals surface area (Å²) < 4.78 is 26.2. The van der Waals surface area contributed by atoms with Crippen LogP contribution in [0.1, 0.15) is 24.8 Å². The highest BCUT2D eigenvalue weighted by atomic mass is 79.9. The van der Waals surface area contributed by atoms with Gasteiger partial charge in [-0.25, -0.2) is 13.4 Å². The van der Waals surface area contributed by atoms with Crippen LogP contribution < -0.4 is 5.32 Å². The van der Waals surface area contributed by atoms with E-state index in [0.29, 0.717) is 28.5 Å². The number of nitrogens with one attached hydrogen (secondary N) is 1. The van der Waals surface area contributed by atoms with Gasteiger partial charge in [0.15, 0.2) is 9.84 Å². The molecule has 2 heterocycles. The molecule has 9 heteroatoms. The van der Waals surface area contributed by atoms with E-state index in [-0.39, 0.29) is 5.75 Å². The third kappa shape index (κ3) is 4.96. The summed E-state index contributed by atoms with van der Waals surface area (Å²) in [5.41, 5.74) is 3.22. The second-order valence-corrected chi connectivity index (χ2v) is 10.6. The van der Waals surface area contributed by atoms with Crippen molar-refractivity contribution in [1.29, 1.82) is 0 Å². The minimum absolute atomic E-state index is 0.170. The van der Waals surface area contributed by atoms with E-state index in [0.717, 1.165) is 35.2 Å². The van der Waals surface area contributed by atoms with Gasteiger partial charge in [-0.1, -0.05) is 15.9 Å². The fourth-order valence-electron chi connectivity index (χ4n) is 3.59. The molecule has 0 radical (unpaired) electrons. The molecule has 3 aromatic rings. The summed E-state index contributed by atoms with van der Waals surface area (Å²) >= 11 is 3.48. The highest BCUT2D eigenvalue weighted by Crippen LogP contribution is 2.23. The molecule has 0 spiro atoms. The number of nitrogens with zero attached hydrogens (tertiary/aromatic N) is 4. The van der Waals surface area contributed by atoms with Crippen LogP contribution in [0.25, 0.3) is 11.0 Å². The number of halogens is 1. The van der Waals surface area contributed by atoms with Gasteiger partial charge in [0.2, 0.25) is 5.95 Å². The van der Waals surface area contributed by atoms with Gasteiger partial charge in [0, 0.05) is 10.2 Å². The number of aryl methyl sites for hydroxylation is 1. The molecule has 0 saturated carbocycles. The Morgan fingerprint density at radius 2 is 1.80 bits per heavy atom. The molecule has 0 amide bonds. The van der Waals surface area contributed by atoms with Gasteiger partial charge in [0.1, 0.15) is 5.52 Å². The maximum Gasteiger partial charge on any atom is 0.247 e. The Hall–Kier alpha value is -2.10. The van der Waals surface area contributed by atoms with Crippen LogP contribution in [-0.2, 0) is 9.84 Å². The van der Waals surface area contributed by atoms with Crippen LogP contribution >= 0.6 is 15.9 Å². The molecule has 1 N–H and O–H groups in total. The first-order chi connectivity index (χ1) is 14.4. The molecule has 0 aliphatic carbocycles. The Labute approximate surface area is 185 Å². The van der Waals surface area contributed by atoms with Crippen LogP contribution in [-0.4, -0.2) is 53.9 Å². The molecule has 0 unspecified atom stereocenters. The second kappa shape index (κ2) is 8.95. The Morgan fingerprint density at radius 1 is 1.07 bits per heavy atom. The third-order valence-corrected chi connectivity index (χ3v) is 7.96. The third-order valence-electron chi connectivity index (χ3n) is 5.29. The Bertz CT molecular complexity index is 1150. The highest BCUT2D eigenvalue weighted by molar-refractivity contribution is 9.10. The lowest BCUT2D eigenvalue weighted by atomic mass is 10.2. The van der Waals surface area contributed by atoms with Crippen molar-refractivity contribution in [2.45, 2.75) is 31.1 Å². The molecule has 7 nitrogen and oxygen atoms in total. The number of benzene rings is 2. The molecule has 1 aliphatic rings. The average Bonchev–Trinajstić information content (AvgIpc) is 3.23. The van der Waals surface area contributed by atoms with Crippen molar-refractivity contribution in [3.8, 4) is 0 Å². The molecule has 1 aromatic heterocycles. The summed E-state index contributed by atoms with van der Waals surface area (Å²) in [4.78, 5) is 7.17. The summed E-state index contributed by atoms with van der Waals surface area (Å²) in [6.45, 7) is 5.01. The van der Waals surface area contributed by atoms with Crippen LogP contribution in [0, 0.1) is 6.92 Å². The van der Waals surface area contributed by atoms with E-state index in [1.54, 1.807) is 24.3 Å². The lowest BCUT2D eigenvalue weighted by Gasteiger charge is -2.14. The fraction of sp³-hybridized carbons (Fsp3) is 0.381. The van der Waals surface area contributed by atoms with Crippen molar-refractivity contribution in [1.82, 2.24) is 20.1 Å². The van der Waals surface area contributed by atoms with Crippen molar-refractivity contribution < 1.29 is 8.42 Å². The van der Waals surface area contributed by atoms with Crippen LogP contribution in [0.4, 0.5) is 11.6 Å². The molecule has 1 fully saturated rings. The van der Waals surface area contributed by atoms with Crippen molar-refractivity contribution in [3.63, 3.8) is 0 Å². The lowest BCUT2D eigenvalue weighted by molar-refractivity contribution is 0.340. The first-order valence-electron chi connectivity index (χ1n) is 10.0. The largest absolute Gasteiger partial charge is 0.323 e. The van der Waals surface area contributed by atoms with Crippen molar-refractivity contribution >= 4 is 48.4 Å². The minimum Gasteiger partial charge on any atom is -0.323 e. The lowest BCUT2D eigenvalue weighted by Crippen LogP contribution is -2.22. The van der Waals surface area contributed by atoms with Crippen LogP contribution in [0.3, 0.4) is 0 Å². The van der Waals surface area contributed by atoms with E-state index in [9.17, 15) is 8.42 Å². The Morgan fingerprint density at radius 3 is 2.53 bits per heavy atom. The predicted octanol–water partition coefficient (Wildman–Crippen LogP) is 4.10. The Balaban J connectivity index is 1.41.